The third-order valence-corrected chi connectivity index (χ3v) is 2.64. The lowest BCUT2D eigenvalue weighted by Gasteiger charge is -2.11. The summed E-state index contributed by atoms with van der Waals surface area (Å²) in [7, 11) is 0. The number of aliphatic hydroxyl groups is 1. The van der Waals surface area contributed by atoms with E-state index in [9.17, 15) is 9.90 Å². The van der Waals surface area contributed by atoms with Gasteiger partial charge in [0.1, 0.15) is 6.10 Å². The van der Waals surface area contributed by atoms with Gasteiger partial charge in [0.15, 0.2) is 5.78 Å². The maximum Gasteiger partial charge on any atom is 0.161 e. The number of aliphatic hydroxyl groups excluding tert-OH is 1. The van der Waals surface area contributed by atoms with Crippen molar-refractivity contribution in [2.75, 3.05) is 0 Å². The maximum absolute atomic E-state index is 11.3. The first-order chi connectivity index (χ1) is 5.65. The first kappa shape index (κ1) is 9.72. The molecule has 2 nitrogen and oxygen atoms in total. The Balaban J connectivity index is 2.26. The molecule has 0 aromatic rings. The summed E-state index contributed by atoms with van der Waals surface area (Å²) in [6.45, 7) is 4.12. The van der Waals surface area contributed by atoms with Gasteiger partial charge < -0.3 is 5.11 Å². The van der Waals surface area contributed by atoms with E-state index < -0.39 is 6.10 Å². The number of ketones is 1. The van der Waals surface area contributed by atoms with E-state index >= 15 is 0 Å². The van der Waals surface area contributed by atoms with Gasteiger partial charge in [-0.15, -0.1) is 0 Å². The van der Waals surface area contributed by atoms with Gasteiger partial charge in [0, 0.05) is 6.42 Å². The lowest BCUT2D eigenvalue weighted by atomic mass is 9.98. The van der Waals surface area contributed by atoms with Crippen molar-refractivity contribution in [2.45, 2.75) is 45.6 Å². The molecule has 0 bridgehead atoms. The zero-order valence-electron chi connectivity index (χ0n) is 7.92. The number of rotatable bonds is 5. The molecule has 0 aromatic carbocycles. The van der Waals surface area contributed by atoms with Crippen molar-refractivity contribution in [3.8, 4) is 0 Å². The molecule has 0 spiro atoms. The summed E-state index contributed by atoms with van der Waals surface area (Å²) in [5, 5.41) is 9.45. The molecular formula is C10H18O2. The summed E-state index contributed by atoms with van der Waals surface area (Å²) in [6.07, 6.45) is 2.98. The average Bonchev–Trinajstić information content (AvgIpc) is 2.85. The quantitative estimate of drug-likeness (QED) is 0.682. The van der Waals surface area contributed by atoms with E-state index in [0.717, 1.165) is 19.3 Å². The first-order valence-corrected chi connectivity index (χ1v) is 4.86. The van der Waals surface area contributed by atoms with Crippen LogP contribution in [0, 0.1) is 11.8 Å². The number of hydrogen-bond donors (Lipinski definition) is 1. The third-order valence-electron chi connectivity index (χ3n) is 2.64. The molecule has 1 rings (SSSR count). The van der Waals surface area contributed by atoms with Crippen LogP contribution in [0.3, 0.4) is 0 Å². The highest BCUT2D eigenvalue weighted by Gasteiger charge is 2.34. The summed E-state index contributed by atoms with van der Waals surface area (Å²) in [4.78, 5) is 11.3. The van der Waals surface area contributed by atoms with E-state index in [1.807, 2.05) is 0 Å². The Morgan fingerprint density at radius 3 is 2.58 bits per heavy atom. The van der Waals surface area contributed by atoms with Crippen molar-refractivity contribution in [1.29, 1.82) is 0 Å². The molecule has 0 radical (unpaired) electrons. The van der Waals surface area contributed by atoms with Crippen LogP contribution in [0.15, 0.2) is 0 Å². The second-order valence-corrected chi connectivity index (χ2v) is 3.97. The van der Waals surface area contributed by atoms with E-state index in [2.05, 4.69) is 13.8 Å². The van der Waals surface area contributed by atoms with Gasteiger partial charge in [-0.05, 0) is 24.7 Å². The van der Waals surface area contributed by atoms with Crippen molar-refractivity contribution in [1.82, 2.24) is 0 Å². The van der Waals surface area contributed by atoms with E-state index in [0.29, 0.717) is 18.3 Å². The number of carbonyl (C=O) groups is 1. The molecule has 70 valence electrons. The van der Waals surface area contributed by atoms with Crippen LogP contribution < -0.4 is 0 Å². The highest BCUT2D eigenvalue weighted by Crippen LogP contribution is 2.33. The summed E-state index contributed by atoms with van der Waals surface area (Å²) in [6, 6.07) is 0. The van der Waals surface area contributed by atoms with Crippen LogP contribution in [0.1, 0.15) is 39.5 Å². The molecule has 2 atom stereocenters. The fourth-order valence-electron chi connectivity index (χ4n) is 1.28. The summed E-state index contributed by atoms with van der Waals surface area (Å²) < 4.78 is 0. The minimum atomic E-state index is -0.654. The van der Waals surface area contributed by atoms with Crippen LogP contribution in [-0.4, -0.2) is 17.0 Å². The molecule has 1 aliphatic rings. The third kappa shape index (κ3) is 2.59. The Hall–Kier alpha value is -0.370. The Bertz CT molecular complexity index is 161. The van der Waals surface area contributed by atoms with Gasteiger partial charge in [-0.2, -0.15) is 0 Å². The molecule has 2 unspecified atom stereocenters. The molecule has 12 heavy (non-hydrogen) atoms. The second kappa shape index (κ2) is 4.04. The van der Waals surface area contributed by atoms with Crippen molar-refractivity contribution >= 4 is 5.78 Å². The van der Waals surface area contributed by atoms with Crippen LogP contribution in [-0.2, 0) is 4.79 Å². The van der Waals surface area contributed by atoms with Gasteiger partial charge in [-0.1, -0.05) is 20.3 Å². The highest BCUT2D eigenvalue weighted by molar-refractivity contribution is 5.83. The van der Waals surface area contributed by atoms with Gasteiger partial charge in [-0.3, -0.25) is 4.79 Å². The van der Waals surface area contributed by atoms with E-state index in [1.165, 1.54) is 0 Å². The zero-order valence-corrected chi connectivity index (χ0v) is 7.92. The molecule has 0 saturated heterocycles. The Kier molecular flexibility index (Phi) is 3.27. The number of hydrogen-bond acceptors (Lipinski definition) is 2. The minimum Gasteiger partial charge on any atom is -0.385 e. The Labute approximate surface area is 74.0 Å². The minimum absolute atomic E-state index is 0.0480. The Morgan fingerprint density at radius 1 is 1.58 bits per heavy atom. The molecule has 0 aromatic heterocycles. The van der Waals surface area contributed by atoms with Gasteiger partial charge in [0.05, 0.1) is 0 Å². The van der Waals surface area contributed by atoms with Crippen LogP contribution >= 0.6 is 0 Å². The summed E-state index contributed by atoms with van der Waals surface area (Å²) in [5.41, 5.74) is 0. The smallest absolute Gasteiger partial charge is 0.161 e. The van der Waals surface area contributed by atoms with Crippen LogP contribution in [0.5, 0.6) is 0 Å². The summed E-state index contributed by atoms with van der Waals surface area (Å²) in [5.74, 6) is 0.763. The van der Waals surface area contributed by atoms with Crippen molar-refractivity contribution in [3.63, 3.8) is 0 Å². The lowest BCUT2D eigenvalue weighted by Crippen LogP contribution is -2.24. The van der Waals surface area contributed by atoms with Crippen LogP contribution in [0.25, 0.3) is 0 Å². The highest BCUT2D eigenvalue weighted by atomic mass is 16.3. The zero-order chi connectivity index (χ0) is 9.14. The Morgan fingerprint density at radius 2 is 2.17 bits per heavy atom. The first-order valence-electron chi connectivity index (χ1n) is 4.86. The van der Waals surface area contributed by atoms with E-state index in [4.69, 9.17) is 0 Å². The largest absolute Gasteiger partial charge is 0.385 e. The molecule has 2 heteroatoms. The molecule has 1 N–H and O–H groups in total. The second-order valence-electron chi connectivity index (χ2n) is 3.97. The van der Waals surface area contributed by atoms with Crippen LogP contribution in [0.4, 0.5) is 0 Å². The standard InChI is InChI=1S/C10H18O2/c1-3-7(2)6-9(11)10(12)8-4-5-8/h7-8,10,12H,3-6H2,1-2H3. The van der Waals surface area contributed by atoms with Gasteiger partial charge in [0.2, 0.25) is 0 Å². The van der Waals surface area contributed by atoms with Crippen LogP contribution in [0.2, 0.25) is 0 Å². The molecule has 0 heterocycles. The summed E-state index contributed by atoms with van der Waals surface area (Å²) >= 11 is 0. The van der Waals surface area contributed by atoms with Crippen molar-refractivity contribution in [2.24, 2.45) is 11.8 Å². The topological polar surface area (TPSA) is 37.3 Å². The SMILES string of the molecule is CCC(C)CC(=O)C(O)C1CC1. The number of Topliss-reactive ketones (excluding diaryl/α,β-unsaturated/α-hetero) is 1. The fraction of sp³-hybridized carbons (Fsp3) is 0.900. The molecule has 1 fully saturated rings. The average molecular weight is 170 g/mol. The molecule has 0 amide bonds. The molecule has 1 saturated carbocycles. The molecule has 0 aliphatic heterocycles. The van der Waals surface area contributed by atoms with E-state index in [1.54, 1.807) is 0 Å². The van der Waals surface area contributed by atoms with Gasteiger partial charge in [0.25, 0.3) is 0 Å². The normalized spacial score (nSPS) is 21.9. The molecular weight excluding hydrogens is 152 g/mol. The fourth-order valence-corrected chi connectivity index (χ4v) is 1.28. The predicted molar refractivity (Wildman–Crippen MR) is 47.8 cm³/mol. The van der Waals surface area contributed by atoms with Crippen molar-refractivity contribution < 1.29 is 9.90 Å². The maximum atomic E-state index is 11.3. The predicted octanol–water partition coefficient (Wildman–Crippen LogP) is 1.76. The lowest BCUT2D eigenvalue weighted by molar-refractivity contribution is -0.128. The van der Waals surface area contributed by atoms with Crippen molar-refractivity contribution in [3.05, 3.63) is 0 Å². The van der Waals surface area contributed by atoms with Gasteiger partial charge >= 0.3 is 0 Å². The monoisotopic (exact) mass is 170 g/mol. The van der Waals surface area contributed by atoms with Gasteiger partial charge in [-0.25, -0.2) is 0 Å². The number of carbonyl (C=O) groups excluding carboxylic acids is 1. The van der Waals surface area contributed by atoms with E-state index in [-0.39, 0.29) is 5.78 Å². The molecule has 1 aliphatic carbocycles.